The molecule has 2 heteroatoms. The molecule has 2 nitrogen and oxygen atoms in total. The lowest BCUT2D eigenvalue weighted by Crippen LogP contribution is -2.08. The van der Waals surface area contributed by atoms with Gasteiger partial charge in [-0.1, -0.05) is 6.07 Å². The van der Waals surface area contributed by atoms with Gasteiger partial charge in [-0.15, -0.1) is 0 Å². The van der Waals surface area contributed by atoms with E-state index in [4.69, 9.17) is 5.73 Å². The number of benzene rings is 1. The van der Waals surface area contributed by atoms with Crippen LogP contribution in [0, 0.1) is 27.7 Å². The molecule has 0 radical (unpaired) electrons. The average molecular weight is 220 g/mol. The van der Waals surface area contributed by atoms with Crippen LogP contribution in [0.2, 0.25) is 0 Å². The molecule has 0 aliphatic rings. The van der Waals surface area contributed by atoms with Crippen molar-refractivity contribution in [3.8, 4) is 0 Å². The van der Waals surface area contributed by atoms with E-state index in [0.29, 0.717) is 0 Å². The molecule has 0 aromatic heterocycles. The Kier molecular flexibility index (Phi) is 4.81. The van der Waals surface area contributed by atoms with Crippen molar-refractivity contribution in [2.24, 2.45) is 5.73 Å². The summed E-state index contributed by atoms with van der Waals surface area (Å²) in [6.07, 6.45) is 2.23. The van der Waals surface area contributed by atoms with Gasteiger partial charge in [0.2, 0.25) is 0 Å². The Morgan fingerprint density at radius 3 is 2.06 bits per heavy atom. The minimum absolute atomic E-state index is 0.784. The summed E-state index contributed by atoms with van der Waals surface area (Å²) < 4.78 is 0. The van der Waals surface area contributed by atoms with Crippen LogP contribution in [-0.2, 0) is 0 Å². The molecule has 16 heavy (non-hydrogen) atoms. The van der Waals surface area contributed by atoms with Gasteiger partial charge in [0.1, 0.15) is 0 Å². The molecule has 0 aliphatic heterocycles. The zero-order valence-corrected chi connectivity index (χ0v) is 11.0. The molecule has 0 unspecified atom stereocenters. The Balaban J connectivity index is 2.78. The molecule has 0 saturated carbocycles. The first-order chi connectivity index (χ1) is 7.57. The Morgan fingerprint density at radius 1 is 1.00 bits per heavy atom. The number of nitrogens with one attached hydrogen (secondary N) is 1. The highest BCUT2D eigenvalue weighted by molar-refractivity contribution is 5.62. The normalized spacial score (nSPS) is 10.6. The molecule has 0 saturated heterocycles. The molecule has 0 heterocycles. The van der Waals surface area contributed by atoms with Crippen LogP contribution < -0.4 is 11.1 Å². The summed E-state index contributed by atoms with van der Waals surface area (Å²) >= 11 is 0. The maximum Gasteiger partial charge on any atom is 0.0404 e. The Bertz CT molecular complexity index is 330. The number of hydrogen-bond donors (Lipinski definition) is 2. The first-order valence-electron chi connectivity index (χ1n) is 6.09. The molecule has 1 aromatic carbocycles. The number of anilines is 1. The third-order valence-electron chi connectivity index (χ3n) is 3.30. The number of hydrogen-bond acceptors (Lipinski definition) is 2. The second kappa shape index (κ2) is 5.90. The van der Waals surface area contributed by atoms with Crippen molar-refractivity contribution in [1.82, 2.24) is 0 Å². The summed E-state index contributed by atoms with van der Waals surface area (Å²) in [5, 5.41) is 3.54. The maximum absolute atomic E-state index is 5.49. The van der Waals surface area contributed by atoms with E-state index in [0.717, 1.165) is 25.9 Å². The van der Waals surface area contributed by atoms with Gasteiger partial charge < -0.3 is 11.1 Å². The third kappa shape index (κ3) is 2.99. The van der Waals surface area contributed by atoms with Gasteiger partial charge in [0.05, 0.1) is 0 Å². The van der Waals surface area contributed by atoms with Crippen molar-refractivity contribution in [1.29, 1.82) is 0 Å². The zero-order chi connectivity index (χ0) is 12.1. The smallest absolute Gasteiger partial charge is 0.0404 e. The fourth-order valence-corrected chi connectivity index (χ4v) is 1.96. The van der Waals surface area contributed by atoms with E-state index in [9.17, 15) is 0 Å². The van der Waals surface area contributed by atoms with Crippen LogP contribution in [0.5, 0.6) is 0 Å². The summed E-state index contributed by atoms with van der Waals surface area (Å²) in [5.41, 5.74) is 12.3. The van der Waals surface area contributed by atoms with Crippen LogP contribution in [0.3, 0.4) is 0 Å². The van der Waals surface area contributed by atoms with Gasteiger partial charge in [0.25, 0.3) is 0 Å². The van der Waals surface area contributed by atoms with E-state index in [1.165, 1.54) is 27.9 Å². The molecule has 0 atom stereocenters. The van der Waals surface area contributed by atoms with Crippen LogP contribution in [0.25, 0.3) is 0 Å². The topological polar surface area (TPSA) is 38.0 Å². The molecule has 1 rings (SSSR count). The highest BCUT2D eigenvalue weighted by atomic mass is 14.9. The monoisotopic (exact) mass is 220 g/mol. The lowest BCUT2D eigenvalue weighted by Gasteiger charge is -2.17. The van der Waals surface area contributed by atoms with E-state index in [1.54, 1.807) is 0 Å². The fraction of sp³-hybridized carbons (Fsp3) is 0.571. The molecule has 90 valence electrons. The van der Waals surface area contributed by atoms with Crippen molar-refractivity contribution in [3.05, 3.63) is 28.3 Å². The molecular formula is C14H24N2. The largest absolute Gasteiger partial charge is 0.385 e. The number of unbranched alkanes of at least 4 members (excludes halogenated alkanes) is 1. The zero-order valence-electron chi connectivity index (χ0n) is 11.0. The quantitative estimate of drug-likeness (QED) is 0.748. The minimum atomic E-state index is 0.784. The van der Waals surface area contributed by atoms with Gasteiger partial charge in [-0.2, -0.15) is 0 Å². The first kappa shape index (κ1) is 13.0. The summed E-state index contributed by atoms with van der Waals surface area (Å²) in [7, 11) is 0. The fourth-order valence-electron chi connectivity index (χ4n) is 1.96. The Morgan fingerprint density at radius 2 is 1.56 bits per heavy atom. The van der Waals surface area contributed by atoms with Crippen LogP contribution in [0.15, 0.2) is 6.07 Å². The lowest BCUT2D eigenvalue weighted by atomic mass is 9.98. The van der Waals surface area contributed by atoms with E-state index in [1.807, 2.05) is 0 Å². The van der Waals surface area contributed by atoms with Gasteiger partial charge >= 0.3 is 0 Å². The predicted octanol–water partition coefficient (Wildman–Crippen LogP) is 3.07. The molecule has 0 amide bonds. The second-order valence-electron chi connectivity index (χ2n) is 4.56. The Labute approximate surface area is 99.2 Å². The molecule has 0 spiro atoms. The maximum atomic E-state index is 5.49. The van der Waals surface area contributed by atoms with Crippen molar-refractivity contribution in [2.75, 3.05) is 18.4 Å². The molecule has 0 aliphatic carbocycles. The van der Waals surface area contributed by atoms with E-state index in [-0.39, 0.29) is 0 Å². The van der Waals surface area contributed by atoms with E-state index < -0.39 is 0 Å². The summed E-state index contributed by atoms with van der Waals surface area (Å²) in [6.45, 7) is 10.5. The average Bonchev–Trinajstić information content (AvgIpc) is 2.25. The summed E-state index contributed by atoms with van der Waals surface area (Å²) in [6, 6.07) is 2.26. The third-order valence-corrected chi connectivity index (χ3v) is 3.30. The van der Waals surface area contributed by atoms with Crippen LogP contribution in [0.1, 0.15) is 35.1 Å². The van der Waals surface area contributed by atoms with Crippen molar-refractivity contribution in [2.45, 2.75) is 40.5 Å². The van der Waals surface area contributed by atoms with Crippen molar-refractivity contribution >= 4 is 5.69 Å². The van der Waals surface area contributed by atoms with Crippen molar-refractivity contribution in [3.63, 3.8) is 0 Å². The van der Waals surface area contributed by atoms with Gasteiger partial charge in [-0.25, -0.2) is 0 Å². The van der Waals surface area contributed by atoms with E-state index >= 15 is 0 Å². The molecule has 3 N–H and O–H groups in total. The molecule has 0 bridgehead atoms. The lowest BCUT2D eigenvalue weighted by molar-refractivity contribution is 0.773. The highest BCUT2D eigenvalue weighted by Gasteiger charge is 2.07. The summed E-state index contributed by atoms with van der Waals surface area (Å²) in [5.74, 6) is 0. The molecule has 1 aromatic rings. The SMILES string of the molecule is Cc1cc(C)c(C)c(NCCCCN)c1C. The van der Waals surface area contributed by atoms with Gasteiger partial charge in [0.15, 0.2) is 0 Å². The molecule has 0 fully saturated rings. The van der Waals surface area contributed by atoms with Crippen LogP contribution in [0.4, 0.5) is 5.69 Å². The van der Waals surface area contributed by atoms with Gasteiger partial charge in [-0.05, 0) is 69.3 Å². The van der Waals surface area contributed by atoms with Gasteiger partial charge in [0, 0.05) is 12.2 Å². The number of rotatable bonds is 5. The predicted molar refractivity (Wildman–Crippen MR) is 72.2 cm³/mol. The standard InChI is InChI=1S/C14H24N2/c1-10-9-11(2)13(4)14(12(10)3)16-8-6-5-7-15/h9,16H,5-8,15H2,1-4H3. The summed E-state index contributed by atoms with van der Waals surface area (Å²) in [4.78, 5) is 0. The number of aryl methyl sites for hydroxylation is 2. The van der Waals surface area contributed by atoms with Crippen LogP contribution >= 0.6 is 0 Å². The van der Waals surface area contributed by atoms with Crippen molar-refractivity contribution < 1.29 is 0 Å². The number of nitrogens with two attached hydrogens (primary N) is 1. The van der Waals surface area contributed by atoms with Crippen LogP contribution in [-0.4, -0.2) is 13.1 Å². The minimum Gasteiger partial charge on any atom is -0.385 e. The van der Waals surface area contributed by atoms with Gasteiger partial charge in [-0.3, -0.25) is 0 Å². The second-order valence-corrected chi connectivity index (χ2v) is 4.56. The highest BCUT2D eigenvalue weighted by Crippen LogP contribution is 2.26. The molecular weight excluding hydrogens is 196 g/mol. The first-order valence-corrected chi connectivity index (χ1v) is 6.09. The Hall–Kier alpha value is -1.02. The van der Waals surface area contributed by atoms with E-state index in [2.05, 4.69) is 39.1 Å².